The molecule has 0 fully saturated rings. The van der Waals surface area contributed by atoms with Crippen LogP contribution in [0.25, 0.3) is 0 Å². The van der Waals surface area contributed by atoms with Gasteiger partial charge in [-0.15, -0.1) is 0 Å². The van der Waals surface area contributed by atoms with E-state index >= 15 is 0 Å². The summed E-state index contributed by atoms with van der Waals surface area (Å²) in [5.74, 6) is 0.916. The summed E-state index contributed by atoms with van der Waals surface area (Å²) in [6.07, 6.45) is 1.43. The fourth-order valence-corrected chi connectivity index (χ4v) is 1.80. The van der Waals surface area contributed by atoms with Crippen LogP contribution in [0.2, 0.25) is 5.02 Å². The standard InChI is InChI=1S/C10H13ClN6O/c1-5(9-14-6(2)15-16-9)13-10(18)8-7(11)4-12-17(8)3/h4-5H,1-3H3,(H,13,18)(H,14,15,16)/t5-/m0/s1. The number of hydrogen-bond donors (Lipinski definition) is 2. The zero-order valence-corrected chi connectivity index (χ0v) is 11.0. The van der Waals surface area contributed by atoms with Gasteiger partial charge in [-0.2, -0.15) is 10.2 Å². The van der Waals surface area contributed by atoms with Gasteiger partial charge in [0.25, 0.3) is 5.91 Å². The van der Waals surface area contributed by atoms with E-state index in [1.807, 2.05) is 0 Å². The molecular weight excluding hydrogens is 256 g/mol. The first-order chi connectivity index (χ1) is 8.49. The minimum Gasteiger partial charge on any atom is -0.341 e. The van der Waals surface area contributed by atoms with Crippen molar-refractivity contribution in [3.8, 4) is 0 Å². The second kappa shape index (κ2) is 4.77. The molecule has 2 rings (SSSR count). The lowest BCUT2D eigenvalue weighted by Crippen LogP contribution is -2.29. The molecule has 0 saturated heterocycles. The van der Waals surface area contributed by atoms with Crippen LogP contribution < -0.4 is 5.32 Å². The minimum absolute atomic E-state index is 0.310. The Morgan fingerprint density at radius 2 is 2.33 bits per heavy atom. The monoisotopic (exact) mass is 268 g/mol. The van der Waals surface area contributed by atoms with Crippen LogP contribution in [-0.4, -0.2) is 30.9 Å². The van der Waals surface area contributed by atoms with E-state index < -0.39 is 0 Å². The van der Waals surface area contributed by atoms with Gasteiger partial charge in [0.2, 0.25) is 0 Å². The lowest BCUT2D eigenvalue weighted by molar-refractivity contribution is 0.0929. The molecule has 2 heterocycles. The highest BCUT2D eigenvalue weighted by molar-refractivity contribution is 6.33. The predicted molar refractivity (Wildman–Crippen MR) is 65.2 cm³/mol. The van der Waals surface area contributed by atoms with Crippen molar-refractivity contribution in [2.24, 2.45) is 7.05 Å². The molecule has 2 aromatic rings. The molecule has 0 radical (unpaired) electrons. The molecule has 18 heavy (non-hydrogen) atoms. The molecule has 1 atom stereocenters. The van der Waals surface area contributed by atoms with Gasteiger partial charge in [0.1, 0.15) is 11.5 Å². The third-order valence-electron chi connectivity index (χ3n) is 2.46. The highest BCUT2D eigenvalue weighted by atomic mass is 35.5. The predicted octanol–water partition coefficient (Wildman–Crippen LogP) is 0.991. The number of aromatic nitrogens is 5. The lowest BCUT2D eigenvalue weighted by atomic mass is 10.3. The number of nitrogens with one attached hydrogen (secondary N) is 2. The second-order valence-electron chi connectivity index (χ2n) is 3.94. The lowest BCUT2D eigenvalue weighted by Gasteiger charge is -2.10. The quantitative estimate of drug-likeness (QED) is 0.869. The Morgan fingerprint density at radius 1 is 1.61 bits per heavy atom. The third-order valence-corrected chi connectivity index (χ3v) is 2.74. The van der Waals surface area contributed by atoms with Gasteiger partial charge in [0.05, 0.1) is 17.3 Å². The summed E-state index contributed by atoms with van der Waals surface area (Å²) in [5.41, 5.74) is 0.316. The molecule has 0 aliphatic rings. The fraction of sp³-hybridized carbons (Fsp3) is 0.400. The van der Waals surface area contributed by atoms with E-state index in [-0.39, 0.29) is 11.9 Å². The van der Waals surface area contributed by atoms with Gasteiger partial charge in [-0.1, -0.05) is 11.6 Å². The van der Waals surface area contributed by atoms with Crippen molar-refractivity contribution < 1.29 is 4.79 Å². The maximum atomic E-state index is 12.0. The molecule has 7 nitrogen and oxygen atoms in total. The molecule has 0 aromatic carbocycles. The Hall–Kier alpha value is -1.89. The molecule has 2 aromatic heterocycles. The number of hydrogen-bond acceptors (Lipinski definition) is 4. The van der Waals surface area contributed by atoms with Crippen LogP contribution in [0.5, 0.6) is 0 Å². The van der Waals surface area contributed by atoms with E-state index in [9.17, 15) is 4.79 Å². The number of amides is 1. The van der Waals surface area contributed by atoms with Crippen LogP contribution in [0.4, 0.5) is 0 Å². The summed E-state index contributed by atoms with van der Waals surface area (Å²) in [4.78, 5) is 16.2. The fourth-order valence-electron chi connectivity index (χ4n) is 1.55. The van der Waals surface area contributed by atoms with Crippen molar-refractivity contribution in [3.63, 3.8) is 0 Å². The summed E-state index contributed by atoms with van der Waals surface area (Å²) in [6, 6.07) is -0.312. The zero-order valence-electron chi connectivity index (χ0n) is 10.2. The topological polar surface area (TPSA) is 88.5 Å². The number of carbonyl (C=O) groups excluding carboxylic acids is 1. The van der Waals surface area contributed by atoms with Crippen LogP contribution in [0.3, 0.4) is 0 Å². The number of carbonyl (C=O) groups is 1. The van der Waals surface area contributed by atoms with Gasteiger partial charge in [0.15, 0.2) is 5.82 Å². The molecule has 8 heteroatoms. The molecule has 1 amide bonds. The Bertz CT molecular complexity index is 555. The number of rotatable bonds is 3. The van der Waals surface area contributed by atoms with Gasteiger partial charge in [-0.25, -0.2) is 4.98 Å². The first-order valence-corrected chi connectivity index (χ1v) is 5.74. The van der Waals surface area contributed by atoms with Crippen LogP contribution >= 0.6 is 11.6 Å². The van der Waals surface area contributed by atoms with Crippen molar-refractivity contribution in [1.82, 2.24) is 30.3 Å². The highest BCUT2D eigenvalue weighted by Gasteiger charge is 2.19. The largest absolute Gasteiger partial charge is 0.341 e. The molecule has 0 saturated carbocycles. The molecular formula is C10H13ClN6O. The van der Waals surface area contributed by atoms with Crippen molar-refractivity contribution >= 4 is 17.5 Å². The average Bonchev–Trinajstić information content (AvgIpc) is 2.85. The first kappa shape index (κ1) is 12.6. The summed E-state index contributed by atoms with van der Waals surface area (Å²) >= 11 is 5.89. The Kier molecular flexibility index (Phi) is 3.33. The van der Waals surface area contributed by atoms with Crippen molar-refractivity contribution in [2.75, 3.05) is 0 Å². The molecule has 0 unspecified atom stereocenters. The second-order valence-corrected chi connectivity index (χ2v) is 4.35. The van der Waals surface area contributed by atoms with Crippen molar-refractivity contribution in [2.45, 2.75) is 19.9 Å². The normalized spacial score (nSPS) is 12.4. The van der Waals surface area contributed by atoms with Gasteiger partial charge in [-0.05, 0) is 13.8 Å². The van der Waals surface area contributed by atoms with Crippen LogP contribution in [0.1, 0.15) is 35.1 Å². The number of aromatic amines is 1. The Labute approximate surface area is 109 Å². The van der Waals surface area contributed by atoms with Gasteiger partial charge in [-0.3, -0.25) is 14.6 Å². The van der Waals surface area contributed by atoms with Crippen molar-refractivity contribution in [3.05, 3.63) is 28.6 Å². The number of H-pyrrole nitrogens is 1. The van der Waals surface area contributed by atoms with Gasteiger partial charge >= 0.3 is 0 Å². The number of halogens is 1. The molecule has 0 bridgehead atoms. The molecule has 0 aliphatic carbocycles. The maximum Gasteiger partial charge on any atom is 0.271 e. The third kappa shape index (κ3) is 2.35. The van der Waals surface area contributed by atoms with E-state index in [1.165, 1.54) is 10.9 Å². The molecule has 96 valence electrons. The Morgan fingerprint density at radius 3 is 2.83 bits per heavy atom. The van der Waals surface area contributed by atoms with Crippen LogP contribution in [-0.2, 0) is 7.05 Å². The van der Waals surface area contributed by atoms with Crippen LogP contribution in [0.15, 0.2) is 6.20 Å². The molecule has 0 aliphatic heterocycles. The zero-order chi connectivity index (χ0) is 13.3. The minimum atomic E-state index is -0.312. The molecule has 0 spiro atoms. The van der Waals surface area contributed by atoms with Crippen LogP contribution in [0, 0.1) is 6.92 Å². The van der Waals surface area contributed by atoms with Crippen molar-refractivity contribution in [1.29, 1.82) is 0 Å². The Balaban J connectivity index is 2.13. The number of nitrogens with zero attached hydrogens (tertiary/aromatic N) is 4. The summed E-state index contributed by atoms with van der Waals surface area (Å²) < 4.78 is 1.42. The average molecular weight is 269 g/mol. The first-order valence-electron chi connectivity index (χ1n) is 5.36. The van der Waals surface area contributed by atoms with Gasteiger partial charge in [0, 0.05) is 7.05 Å². The van der Waals surface area contributed by atoms with E-state index in [2.05, 4.69) is 25.6 Å². The highest BCUT2D eigenvalue weighted by Crippen LogP contribution is 2.15. The number of aryl methyl sites for hydroxylation is 2. The summed E-state index contributed by atoms with van der Waals surface area (Å²) in [6.45, 7) is 3.59. The SMILES string of the molecule is Cc1nc([C@H](C)NC(=O)c2c(Cl)cnn2C)n[nH]1. The van der Waals surface area contributed by atoms with E-state index in [0.717, 1.165) is 0 Å². The summed E-state index contributed by atoms with van der Waals surface area (Å²) in [5, 5.41) is 13.7. The smallest absolute Gasteiger partial charge is 0.271 e. The molecule has 2 N–H and O–H groups in total. The van der Waals surface area contributed by atoms with E-state index in [4.69, 9.17) is 11.6 Å². The maximum absolute atomic E-state index is 12.0. The van der Waals surface area contributed by atoms with E-state index in [1.54, 1.807) is 20.9 Å². The van der Waals surface area contributed by atoms with E-state index in [0.29, 0.717) is 22.4 Å². The summed E-state index contributed by atoms with van der Waals surface area (Å²) in [7, 11) is 1.66. The van der Waals surface area contributed by atoms with Gasteiger partial charge < -0.3 is 5.32 Å².